The van der Waals surface area contributed by atoms with Crippen LogP contribution in [0.25, 0.3) is 5.76 Å². The minimum atomic E-state index is -3.66. The second-order valence-corrected chi connectivity index (χ2v) is 10.0. The smallest absolute Gasteiger partial charge is 0.295 e. The predicted molar refractivity (Wildman–Crippen MR) is 124 cm³/mol. The Bertz CT molecular complexity index is 1360. The Balaban J connectivity index is 1.81. The van der Waals surface area contributed by atoms with Gasteiger partial charge < -0.3 is 10.0 Å². The number of nitrogens with zero attached hydrogens (tertiary/aromatic N) is 4. The molecule has 1 amide bonds. The van der Waals surface area contributed by atoms with Crippen molar-refractivity contribution < 1.29 is 23.1 Å². The van der Waals surface area contributed by atoms with Gasteiger partial charge in [0.05, 0.1) is 16.5 Å². The van der Waals surface area contributed by atoms with Crippen molar-refractivity contribution in [3.63, 3.8) is 0 Å². The maximum atomic E-state index is 13.1. The second-order valence-electron chi connectivity index (χ2n) is 7.88. The van der Waals surface area contributed by atoms with E-state index < -0.39 is 27.8 Å². The molecular formula is C24H22N4O5S. The lowest BCUT2D eigenvalue weighted by atomic mass is 9.96. The van der Waals surface area contributed by atoms with E-state index in [1.165, 1.54) is 43.3 Å². The minimum Gasteiger partial charge on any atom is -0.507 e. The number of aliphatic hydroxyl groups is 1. The number of sulfonamides is 1. The van der Waals surface area contributed by atoms with Gasteiger partial charge in [0, 0.05) is 51.0 Å². The van der Waals surface area contributed by atoms with Crippen LogP contribution in [0, 0.1) is 0 Å². The molecule has 1 aromatic carbocycles. The quantitative estimate of drug-likeness (QED) is 0.328. The van der Waals surface area contributed by atoms with Gasteiger partial charge in [0.1, 0.15) is 5.76 Å². The number of likely N-dealkylation sites (tertiary alicyclic amines) is 1. The molecule has 34 heavy (non-hydrogen) atoms. The molecule has 174 valence electrons. The zero-order valence-corrected chi connectivity index (χ0v) is 19.3. The van der Waals surface area contributed by atoms with Crippen molar-refractivity contribution in [1.29, 1.82) is 0 Å². The molecule has 1 saturated heterocycles. The van der Waals surface area contributed by atoms with Crippen molar-refractivity contribution in [3.05, 3.63) is 95.6 Å². The van der Waals surface area contributed by atoms with Gasteiger partial charge in [-0.2, -0.15) is 0 Å². The standard InChI is InChI=1S/C24H22N4O5S/c1-27(2)34(32,33)19-7-5-18(6-8-19)22(29)20-21(17-9-12-25-13-10-17)28(24(31)23(20)30)15-16-4-3-11-26-14-16/h3-14,21,29H,15H2,1-2H3/t21-/m1/s1. The van der Waals surface area contributed by atoms with E-state index in [1.54, 1.807) is 49.1 Å². The summed E-state index contributed by atoms with van der Waals surface area (Å²) >= 11 is 0. The zero-order valence-electron chi connectivity index (χ0n) is 18.5. The highest BCUT2D eigenvalue weighted by atomic mass is 32.2. The molecule has 0 bridgehead atoms. The minimum absolute atomic E-state index is 0.0387. The Hall–Kier alpha value is -3.89. The molecule has 1 atom stereocenters. The first-order valence-corrected chi connectivity index (χ1v) is 11.8. The Morgan fingerprint density at radius 2 is 1.68 bits per heavy atom. The number of rotatable bonds is 6. The molecule has 1 N–H and O–H groups in total. The van der Waals surface area contributed by atoms with Crippen molar-refractivity contribution >= 4 is 27.5 Å². The molecule has 2 aromatic heterocycles. The lowest BCUT2D eigenvalue weighted by Crippen LogP contribution is -2.29. The molecule has 9 nitrogen and oxygen atoms in total. The molecule has 0 radical (unpaired) electrons. The van der Waals surface area contributed by atoms with Crippen LogP contribution in [0.15, 0.2) is 83.8 Å². The molecule has 10 heteroatoms. The van der Waals surface area contributed by atoms with Gasteiger partial charge in [-0.15, -0.1) is 0 Å². The zero-order chi connectivity index (χ0) is 24.5. The van der Waals surface area contributed by atoms with Gasteiger partial charge in [-0.1, -0.05) is 6.07 Å². The summed E-state index contributed by atoms with van der Waals surface area (Å²) in [4.78, 5) is 35.6. The van der Waals surface area contributed by atoms with Gasteiger partial charge >= 0.3 is 0 Å². The predicted octanol–water partition coefficient (Wildman–Crippen LogP) is 2.35. The van der Waals surface area contributed by atoms with E-state index in [2.05, 4.69) is 9.97 Å². The highest BCUT2D eigenvalue weighted by Crippen LogP contribution is 2.40. The van der Waals surface area contributed by atoms with Crippen LogP contribution < -0.4 is 0 Å². The number of benzene rings is 1. The number of hydrogen-bond acceptors (Lipinski definition) is 7. The Morgan fingerprint density at radius 3 is 2.26 bits per heavy atom. The van der Waals surface area contributed by atoms with E-state index in [1.807, 2.05) is 0 Å². The van der Waals surface area contributed by atoms with Gasteiger partial charge in [-0.05, 0) is 53.6 Å². The number of Topliss-reactive ketones (excluding diaryl/α,β-unsaturated/α-hetero) is 1. The highest BCUT2D eigenvalue weighted by molar-refractivity contribution is 7.89. The topological polar surface area (TPSA) is 121 Å². The average Bonchev–Trinajstić information content (AvgIpc) is 3.09. The molecule has 1 fully saturated rings. The van der Waals surface area contributed by atoms with E-state index in [9.17, 15) is 23.1 Å². The fraction of sp³-hybridized carbons (Fsp3) is 0.167. The Morgan fingerprint density at radius 1 is 1.00 bits per heavy atom. The van der Waals surface area contributed by atoms with Crippen LogP contribution in [0.4, 0.5) is 0 Å². The number of hydrogen-bond donors (Lipinski definition) is 1. The Kier molecular flexibility index (Phi) is 6.27. The Labute approximate surface area is 197 Å². The number of carbonyl (C=O) groups excluding carboxylic acids is 2. The van der Waals surface area contributed by atoms with Gasteiger partial charge in [-0.25, -0.2) is 12.7 Å². The van der Waals surface area contributed by atoms with E-state index in [0.717, 1.165) is 9.87 Å². The maximum absolute atomic E-state index is 13.1. The number of aromatic nitrogens is 2. The van der Waals surface area contributed by atoms with Crippen LogP contribution in [0.3, 0.4) is 0 Å². The summed E-state index contributed by atoms with van der Waals surface area (Å²) in [7, 11) is -0.825. The van der Waals surface area contributed by atoms with Crippen molar-refractivity contribution in [2.45, 2.75) is 17.5 Å². The molecule has 3 aromatic rings. The molecule has 4 rings (SSSR count). The monoisotopic (exact) mass is 478 g/mol. The highest BCUT2D eigenvalue weighted by Gasteiger charge is 2.46. The molecule has 0 saturated carbocycles. The fourth-order valence-corrected chi connectivity index (χ4v) is 4.68. The number of amides is 1. The largest absolute Gasteiger partial charge is 0.507 e. The molecule has 0 spiro atoms. The molecule has 0 unspecified atom stereocenters. The van der Waals surface area contributed by atoms with E-state index in [4.69, 9.17) is 0 Å². The number of ketones is 1. The molecular weight excluding hydrogens is 456 g/mol. The molecule has 0 aliphatic carbocycles. The SMILES string of the molecule is CN(C)S(=O)(=O)c1ccc(C(O)=C2C(=O)C(=O)N(Cc3cccnc3)[C@@H]2c2ccncc2)cc1. The average molecular weight is 479 g/mol. The van der Waals surface area contributed by atoms with Crippen molar-refractivity contribution in [2.75, 3.05) is 14.1 Å². The fourth-order valence-electron chi connectivity index (χ4n) is 3.77. The van der Waals surface area contributed by atoms with Crippen molar-refractivity contribution in [3.8, 4) is 0 Å². The van der Waals surface area contributed by atoms with Gasteiger partial charge in [0.25, 0.3) is 11.7 Å². The summed E-state index contributed by atoms with van der Waals surface area (Å²) in [6, 6.07) is 11.5. The first-order chi connectivity index (χ1) is 16.2. The third kappa shape index (κ3) is 4.20. The summed E-state index contributed by atoms with van der Waals surface area (Å²) < 4.78 is 25.8. The van der Waals surface area contributed by atoms with Crippen LogP contribution >= 0.6 is 0 Å². The lowest BCUT2D eigenvalue weighted by Gasteiger charge is -2.25. The third-order valence-corrected chi connectivity index (χ3v) is 7.37. The van der Waals surface area contributed by atoms with Gasteiger partial charge in [0.15, 0.2) is 0 Å². The first kappa shape index (κ1) is 23.3. The summed E-state index contributed by atoms with van der Waals surface area (Å²) in [6.07, 6.45) is 6.30. The number of aliphatic hydroxyl groups excluding tert-OH is 1. The molecule has 1 aliphatic rings. The van der Waals surface area contributed by atoms with E-state index in [0.29, 0.717) is 5.56 Å². The number of pyridine rings is 2. The summed E-state index contributed by atoms with van der Waals surface area (Å²) in [5, 5.41) is 11.1. The first-order valence-electron chi connectivity index (χ1n) is 10.3. The lowest BCUT2D eigenvalue weighted by molar-refractivity contribution is -0.140. The van der Waals surface area contributed by atoms with Crippen LogP contribution in [-0.2, 0) is 26.2 Å². The van der Waals surface area contributed by atoms with Crippen molar-refractivity contribution in [2.24, 2.45) is 0 Å². The van der Waals surface area contributed by atoms with Crippen LogP contribution in [-0.4, -0.2) is 58.5 Å². The summed E-state index contributed by atoms with van der Waals surface area (Å²) in [6.45, 7) is 0.113. The van der Waals surface area contributed by atoms with Crippen LogP contribution in [0.2, 0.25) is 0 Å². The van der Waals surface area contributed by atoms with Crippen molar-refractivity contribution in [1.82, 2.24) is 19.2 Å². The van der Waals surface area contributed by atoms with Crippen LogP contribution in [0.5, 0.6) is 0 Å². The third-order valence-electron chi connectivity index (χ3n) is 5.54. The number of carbonyl (C=O) groups is 2. The van der Waals surface area contributed by atoms with Gasteiger partial charge in [-0.3, -0.25) is 19.6 Å². The molecule has 3 heterocycles. The summed E-state index contributed by atoms with van der Waals surface area (Å²) in [5.74, 6) is -1.96. The molecule has 1 aliphatic heterocycles. The van der Waals surface area contributed by atoms with E-state index in [-0.39, 0.29) is 28.3 Å². The maximum Gasteiger partial charge on any atom is 0.295 e. The second kappa shape index (κ2) is 9.16. The van der Waals surface area contributed by atoms with Gasteiger partial charge in [0.2, 0.25) is 10.0 Å². The van der Waals surface area contributed by atoms with Crippen LogP contribution in [0.1, 0.15) is 22.7 Å². The summed E-state index contributed by atoms with van der Waals surface area (Å²) in [5.41, 5.74) is 1.47. The van der Waals surface area contributed by atoms with E-state index >= 15 is 0 Å². The normalized spacial score (nSPS) is 18.0.